The van der Waals surface area contributed by atoms with Crippen LogP contribution in [-0.4, -0.2) is 30.8 Å². The van der Waals surface area contributed by atoms with E-state index >= 15 is 0 Å². The van der Waals surface area contributed by atoms with Crippen LogP contribution in [0, 0.1) is 12.8 Å². The number of aryl methyl sites for hydroxylation is 1. The van der Waals surface area contributed by atoms with Crippen molar-refractivity contribution in [3.8, 4) is 0 Å². The minimum absolute atomic E-state index is 0.253. The van der Waals surface area contributed by atoms with Crippen molar-refractivity contribution in [2.24, 2.45) is 11.7 Å². The summed E-state index contributed by atoms with van der Waals surface area (Å²) in [6.45, 7) is 4.40. The predicted octanol–water partition coefficient (Wildman–Crippen LogP) is 1.92. The molecule has 100 valence electrons. The smallest absolute Gasteiger partial charge is 0.0431 e. The molecule has 0 aliphatic carbocycles. The van der Waals surface area contributed by atoms with Crippen LogP contribution in [0.25, 0.3) is 0 Å². The minimum Gasteiger partial charge on any atom is -0.396 e. The molecule has 0 radical (unpaired) electrons. The summed E-state index contributed by atoms with van der Waals surface area (Å²) in [7, 11) is 0. The standard InChI is InChI=1S/C15H24N2O/c1-12-4-6-15(7-5-12)17-10-13(3-2-8-18)9-14(16)11-17/h4-7,13-14,18H,2-3,8-11,16H2,1H3. The summed E-state index contributed by atoms with van der Waals surface area (Å²) >= 11 is 0. The summed E-state index contributed by atoms with van der Waals surface area (Å²) in [6.07, 6.45) is 3.05. The van der Waals surface area contributed by atoms with Crippen LogP contribution in [0.4, 0.5) is 5.69 Å². The number of nitrogens with two attached hydrogens (primary N) is 1. The van der Waals surface area contributed by atoms with Gasteiger partial charge in [-0.3, -0.25) is 0 Å². The molecule has 1 saturated heterocycles. The van der Waals surface area contributed by atoms with Gasteiger partial charge in [0, 0.05) is 31.4 Å². The number of hydrogen-bond donors (Lipinski definition) is 2. The van der Waals surface area contributed by atoms with Gasteiger partial charge in [-0.15, -0.1) is 0 Å². The molecule has 1 aromatic carbocycles. The van der Waals surface area contributed by atoms with Crippen LogP contribution in [0.5, 0.6) is 0 Å². The number of hydrogen-bond acceptors (Lipinski definition) is 3. The fourth-order valence-electron chi connectivity index (χ4n) is 2.80. The first-order valence-electron chi connectivity index (χ1n) is 6.87. The molecule has 0 amide bonds. The summed E-state index contributed by atoms with van der Waals surface area (Å²) in [6, 6.07) is 8.91. The second-order valence-electron chi connectivity index (χ2n) is 5.47. The fraction of sp³-hybridized carbons (Fsp3) is 0.600. The maximum Gasteiger partial charge on any atom is 0.0431 e. The zero-order chi connectivity index (χ0) is 13.0. The molecule has 2 atom stereocenters. The first-order valence-corrected chi connectivity index (χ1v) is 6.87. The monoisotopic (exact) mass is 248 g/mol. The largest absolute Gasteiger partial charge is 0.396 e. The molecule has 1 aromatic rings. The number of piperidine rings is 1. The van der Waals surface area contributed by atoms with E-state index in [0.29, 0.717) is 5.92 Å². The minimum atomic E-state index is 0.253. The van der Waals surface area contributed by atoms with Gasteiger partial charge >= 0.3 is 0 Å². The maximum atomic E-state index is 8.93. The maximum absolute atomic E-state index is 8.93. The van der Waals surface area contributed by atoms with Crippen molar-refractivity contribution in [1.29, 1.82) is 0 Å². The van der Waals surface area contributed by atoms with Gasteiger partial charge in [0.25, 0.3) is 0 Å². The molecule has 2 unspecified atom stereocenters. The quantitative estimate of drug-likeness (QED) is 0.856. The van der Waals surface area contributed by atoms with E-state index in [9.17, 15) is 0 Å². The topological polar surface area (TPSA) is 49.5 Å². The van der Waals surface area contributed by atoms with Crippen LogP contribution in [0.3, 0.4) is 0 Å². The summed E-state index contributed by atoms with van der Waals surface area (Å²) < 4.78 is 0. The average Bonchev–Trinajstić information content (AvgIpc) is 2.36. The van der Waals surface area contributed by atoms with Gasteiger partial charge in [0.05, 0.1) is 0 Å². The van der Waals surface area contributed by atoms with Gasteiger partial charge in [-0.05, 0) is 44.2 Å². The molecular weight excluding hydrogens is 224 g/mol. The lowest BCUT2D eigenvalue weighted by molar-refractivity contribution is 0.259. The summed E-state index contributed by atoms with van der Waals surface area (Å²) in [5, 5.41) is 8.93. The first-order chi connectivity index (χ1) is 8.69. The van der Waals surface area contributed by atoms with Gasteiger partial charge in [-0.25, -0.2) is 0 Å². The van der Waals surface area contributed by atoms with Crippen molar-refractivity contribution in [3.05, 3.63) is 29.8 Å². The summed E-state index contributed by atoms with van der Waals surface area (Å²) in [4.78, 5) is 2.38. The average molecular weight is 248 g/mol. The molecule has 1 fully saturated rings. The molecule has 1 aliphatic heterocycles. The van der Waals surface area contributed by atoms with E-state index in [1.807, 2.05) is 0 Å². The highest BCUT2D eigenvalue weighted by atomic mass is 16.2. The second-order valence-corrected chi connectivity index (χ2v) is 5.47. The third kappa shape index (κ3) is 3.47. The highest BCUT2D eigenvalue weighted by molar-refractivity contribution is 5.48. The van der Waals surface area contributed by atoms with Crippen LogP contribution in [0.15, 0.2) is 24.3 Å². The summed E-state index contributed by atoms with van der Waals surface area (Å²) in [5.41, 5.74) is 8.71. The fourth-order valence-corrected chi connectivity index (χ4v) is 2.80. The number of anilines is 1. The molecule has 0 aromatic heterocycles. The predicted molar refractivity (Wildman–Crippen MR) is 75.8 cm³/mol. The molecule has 0 spiro atoms. The Morgan fingerprint density at radius 1 is 1.28 bits per heavy atom. The second kappa shape index (κ2) is 6.21. The van der Waals surface area contributed by atoms with Crippen molar-refractivity contribution in [1.82, 2.24) is 0 Å². The normalized spacial score (nSPS) is 24.3. The van der Waals surface area contributed by atoms with Crippen molar-refractivity contribution in [3.63, 3.8) is 0 Å². The molecule has 3 nitrogen and oxygen atoms in total. The van der Waals surface area contributed by atoms with E-state index in [1.54, 1.807) is 0 Å². The van der Waals surface area contributed by atoms with Gasteiger partial charge in [-0.2, -0.15) is 0 Å². The van der Waals surface area contributed by atoms with Crippen molar-refractivity contribution < 1.29 is 5.11 Å². The highest BCUT2D eigenvalue weighted by Crippen LogP contribution is 2.25. The SMILES string of the molecule is Cc1ccc(N2CC(N)CC(CCCO)C2)cc1. The molecule has 0 bridgehead atoms. The Kier molecular flexibility index (Phi) is 4.61. The van der Waals surface area contributed by atoms with Crippen LogP contribution in [-0.2, 0) is 0 Å². The molecule has 1 aliphatic rings. The lowest BCUT2D eigenvalue weighted by Gasteiger charge is -2.38. The Balaban J connectivity index is 2.01. The van der Waals surface area contributed by atoms with Crippen LogP contribution < -0.4 is 10.6 Å². The Labute approximate surface area is 110 Å². The molecule has 3 N–H and O–H groups in total. The van der Waals surface area contributed by atoms with Crippen molar-refractivity contribution in [2.75, 3.05) is 24.6 Å². The Morgan fingerprint density at radius 3 is 2.67 bits per heavy atom. The zero-order valence-electron chi connectivity index (χ0n) is 11.2. The van der Waals surface area contributed by atoms with Gasteiger partial charge in [-0.1, -0.05) is 17.7 Å². The molecule has 3 heteroatoms. The third-order valence-electron chi connectivity index (χ3n) is 3.74. The van der Waals surface area contributed by atoms with Crippen molar-refractivity contribution >= 4 is 5.69 Å². The zero-order valence-corrected chi connectivity index (χ0v) is 11.2. The van der Waals surface area contributed by atoms with E-state index in [-0.39, 0.29) is 12.6 Å². The van der Waals surface area contributed by atoms with E-state index < -0.39 is 0 Å². The van der Waals surface area contributed by atoms with Gasteiger partial charge in [0.15, 0.2) is 0 Å². The van der Waals surface area contributed by atoms with E-state index in [2.05, 4.69) is 36.1 Å². The first kappa shape index (κ1) is 13.4. The van der Waals surface area contributed by atoms with E-state index in [1.165, 1.54) is 11.3 Å². The Hall–Kier alpha value is -1.06. The van der Waals surface area contributed by atoms with Crippen LogP contribution >= 0.6 is 0 Å². The Bertz CT molecular complexity index is 363. The lowest BCUT2D eigenvalue weighted by atomic mass is 9.90. The molecule has 18 heavy (non-hydrogen) atoms. The molecule has 0 saturated carbocycles. The lowest BCUT2D eigenvalue weighted by Crippen LogP contribution is -2.47. The summed E-state index contributed by atoms with van der Waals surface area (Å²) in [5.74, 6) is 0.613. The van der Waals surface area contributed by atoms with Crippen LogP contribution in [0.1, 0.15) is 24.8 Å². The molecular formula is C15H24N2O. The van der Waals surface area contributed by atoms with E-state index in [0.717, 1.165) is 32.4 Å². The van der Waals surface area contributed by atoms with Crippen LogP contribution in [0.2, 0.25) is 0 Å². The van der Waals surface area contributed by atoms with Crippen molar-refractivity contribution in [2.45, 2.75) is 32.2 Å². The number of nitrogens with zero attached hydrogens (tertiary/aromatic N) is 1. The Morgan fingerprint density at radius 2 is 2.00 bits per heavy atom. The highest BCUT2D eigenvalue weighted by Gasteiger charge is 2.24. The third-order valence-corrected chi connectivity index (χ3v) is 3.74. The number of rotatable bonds is 4. The van der Waals surface area contributed by atoms with Gasteiger partial charge in [0.1, 0.15) is 0 Å². The van der Waals surface area contributed by atoms with E-state index in [4.69, 9.17) is 10.8 Å². The molecule has 2 rings (SSSR count). The number of aliphatic hydroxyl groups is 1. The number of aliphatic hydroxyl groups excluding tert-OH is 1. The van der Waals surface area contributed by atoms with Gasteiger partial charge in [0.2, 0.25) is 0 Å². The molecule has 1 heterocycles. The van der Waals surface area contributed by atoms with Gasteiger partial charge < -0.3 is 15.7 Å². The number of benzene rings is 1.